The van der Waals surface area contributed by atoms with Gasteiger partial charge in [-0.25, -0.2) is 27.8 Å². The molecule has 1 fully saturated rings. The van der Waals surface area contributed by atoms with Gasteiger partial charge in [-0.1, -0.05) is 22.9 Å². The number of rotatable bonds is 6. The summed E-state index contributed by atoms with van der Waals surface area (Å²) in [7, 11) is -7.56. The van der Waals surface area contributed by atoms with E-state index in [-0.39, 0.29) is 14.7 Å². The van der Waals surface area contributed by atoms with Crippen LogP contribution in [-0.4, -0.2) is 55.7 Å². The minimum Gasteiger partial charge on any atom is -0.396 e. The first-order chi connectivity index (χ1) is 11.5. The van der Waals surface area contributed by atoms with Crippen LogP contribution in [-0.2, 0) is 23.1 Å². The molecule has 12 nitrogen and oxygen atoms in total. The van der Waals surface area contributed by atoms with Gasteiger partial charge in [0.2, 0.25) is 0 Å². The topological polar surface area (TPSA) is 171 Å². The van der Waals surface area contributed by atoms with Crippen LogP contribution in [0.4, 0.5) is 9.59 Å². The fraction of sp³-hybridized carbons (Fsp3) is 0.600. The van der Waals surface area contributed by atoms with Crippen molar-refractivity contribution in [3.8, 4) is 0 Å². The molecule has 2 aliphatic rings. The molecular formula is C10H11BrN4O8P2. The van der Waals surface area contributed by atoms with Crippen molar-refractivity contribution >= 4 is 55.3 Å². The SMILES string of the molecule is CC(CO)(CBr)CC12NC(=O)N=C1C(=O)N(P(=O)=O)C(=O)N2P(=O)=O. The standard InChI is InChI=1S/C10H11BrN4O8P2/c1-9(3-11,4-16)2-10-5(12-7(18)13-10)6(17)14(24(20)21)8(19)15(10)25(22)23/h16H,2-4H2,1H3,(H,13,18). The van der Waals surface area contributed by atoms with Gasteiger partial charge in [-0.3, -0.25) is 4.79 Å². The maximum absolute atomic E-state index is 12.3. The van der Waals surface area contributed by atoms with E-state index < -0.39 is 63.4 Å². The van der Waals surface area contributed by atoms with Gasteiger partial charge in [0.15, 0.2) is 11.4 Å². The van der Waals surface area contributed by atoms with Crippen LogP contribution in [0.5, 0.6) is 0 Å². The number of aliphatic hydroxyl groups excluding tert-OH is 1. The zero-order valence-corrected chi connectivity index (χ0v) is 15.9. The van der Waals surface area contributed by atoms with Gasteiger partial charge >= 0.3 is 27.7 Å². The highest BCUT2D eigenvalue weighted by Crippen LogP contribution is 2.44. The molecule has 0 spiro atoms. The molecule has 2 unspecified atom stereocenters. The number of carbonyl (C=O) groups is 3. The number of fused-ring (bicyclic) bond motifs is 1. The molecule has 0 bridgehead atoms. The summed E-state index contributed by atoms with van der Waals surface area (Å²) < 4.78 is 45.5. The molecule has 25 heavy (non-hydrogen) atoms. The number of alkyl halides is 1. The number of nitrogens with zero attached hydrogens (tertiary/aromatic N) is 3. The third-order valence-electron chi connectivity index (χ3n) is 3.75. The number of urea groups is 2. The van der Waals surface area contributed by atoms with Gasteiger partial charge in [-0.05, 0) is 0 Å². The van der Waals surface area contributed by atoms with Gasteiger partial charge in [0.05, 0.1) is 0 Å². The molecule has 0 radical (unpaired) electrons. The van der Waals surface area contributed by atoms with Crippen LogP contribution in [0.2, 0.25) is 0 Å². The number of aliphatic hydroxyl groups is 1. The summed E-state index contributed by atoms with van der Waals surface area (Å²) in [6.07, 6.45) is -0.406. The van der Waals surface area contributed by atoms with E-state index >= 15 is 0 Å². The van der Waals surface area contributed by atoms with E-state index in [1.807, 2.05) is 0 Å². The van der Waals surface area contributed by atoms with E-state index in [9.17, 15) is 37.8 Å². The Morgan fingerprint density at radius 3 is 2.28 bits per heavy atom. The van der Waals surface area contributed by atoms with Gasteiger partial charge in [0.25, 0.3) is 5.91 Å². The quantitative estimate of drug-likeness (QED) is 0.441. The van der Waals surface area contributed by atoms with E-state index in [1.165, 1.54) is 6.92 Å². The van der Waals surface area contributed by atoms with Crippen molar-refractivity contribution in [2.45, 2.75) is 19.0 Å². The molecule has 0 aromatic heterocycles. The molecule has 2 N–H and O–H groups in total. The van der Waals surface area contributed by atoms with Crippen LogP contribution >= 0.6 is 31.6 Å². The summed E-state index contributed by atoms with van der Waals surface area (Å²) in [5, 5.41) is 11.8. The molecule has 136 valence electrons. The molecule has 1 saturated heterocycles. The highest BCUT2D eigenvalue weighted by Gasteiger charge is 2.63. The fourth-order valence-corrected chi connectivity index (χ4v) is 4.24. The van der Waals surface area contributed by atoms with Crippen LogP contribution < -0.4 is 5.32 Å². The zero-order valence-electron chi connectivity index (χ0n) is 12.5. The smallest absolute Gasteiger partial charge is 0.396 e. The molecule has 5 amide bonds. The average Bonchev–Trinajstić information content (AvgIpc) is 2.83. The largest absolute Gasteiger partial charge is 0.438 e. The second-order valence-corrected chi connectivity index (χ2v) is 8.03. The molecule has 2 heterocycles. The Morgan fingerprint density at radius 2 is 1.84 bits per heavy atom. The lowest BCUT2D eigenvalue weighted by molar-refractivity contribution is -0.120. The summed E-state index contributed by atoms with van der Waals surface area (Å²) in [6, 6.07) is -2.77. The third-order valence-corrected chi connectivity index (χ3v) is 6.62. The minimum atomic E-state index is -3.80. The van der Waals surface area contributed by atoms with Gasteiger partial charge in [0.1, 0.15) is 0 Å². The van der Waals surface area contributed by atoms with Crippen molar-refractivity contribution in [3.05, 3.63) is 0 Å². The zero-order chi connectivity index (χ0) is 19.2. The van der Waals surface area contributed by atoms with Crippen LogP contribution in [0.25, 0.3) is 0 Å². The number of hydrogen-bond acceptors (Lipinski definition) is 8. The Labute approximate surface area is 149 Å². The third kappa shape index (κ3) is 3.01. The summed E-state index contributed by atoms with van der Waals surface area (Å²) in [4.78, 5) is 39.8. The fourth-order valence-electron chi connectivity index (χ4n) is 2.60. The number of carbonyl (C=O) groups excluding carboxylic acids is 3. The lowest BCUT2D eigenvalue weighted by Crippen LogP contribution is -2.70. The number of nitrogens with one attached hydrogen (secondary N) is 1. The van der Waals surface area contributed by atoms with Crippen molar-refractivity contribution in [2.75, 3.05) is 11.9 Å². The Hall–Kier alpha value is -1.68. The number of hydrogen-bond donors (Lipinski definition) is 2. The molecule has 2 rings (SSSR count). The predicted octanol–water partition coefficient (Wildman–Crippen LogP) is 1.07. The molecule has 2 atom stereocenters. The molecule has 2 aliphatic heterocycles. The minimum absolute atomic E-state index is 0.0647. The Balaban J connectivity index is 2.73. The lowest BCUT2D eigenvalue weighted by atomic mass is 9.80. The van der Waals surface area contributed by atoms with Crippen LogP contribution in [0.1, 0.15) is 13.3 Å². The van der Waals surface area contributed by atoms with Gasteiger partial charge in [0, 0.05) is 23.8 Å². The van der Waals surface area contributed by atoms with Gasteiger partial charge in [-0.2, -0.15) is 9.66 Å². The maximum Gasteiger partial charge on any atom is 0.438 e. The highest BCUT2D eigenvalue weighted by atomic mass is 79.9. The van der Waals surface area contributed by atoms with Crippen molar-refractivity contribution in [1.82, 2.24) is 14.7 Å². The number of aliphatic imine (C=N–C) groups is 1. The Bertz CT molecular complexity index is 817. The van der Waals surface area contributed by atoms with E-state index in [0.717, 1.165) is 0 Å². The summed E-state index contributed by atoms with van der Waals surface area (Å²) in [6.45, 7) is 1.01. The van der Waals surface area contributed by atoms with Gasteiger partial charge in [-0.15, -0.1) is 4.67 Å². The highest BCUT2D eigenvalue weighted by molar-refractivity contribution is 9.09. The normalized spacial score (nSPS) is 25.2. The van der Waals surface area contributed by atoms with Crippen molar-refractivity contribution < 1.29 is 37.8 Å². The van der Waals surface area contributed by atoms with E-state index in [1.54, 1.807) is 0 Å². The summed E-state index contributed by atoms with van der Waals surface area (Å²) in [5.74, 6) is -1.43. The van der Waals surface area contributed by atoms with E-state index in [0.29, 0.717) is 0 Å². The lowest BCUT2D eigenvalue weighted by Gasteiger charge is -2.44. The van der Waals surface area contributed by atoms with Crippen molar-refractivity contribution in [3.63, 3.8) is 0 Å². The first-order valence-electron chi connectivity index (χ1n) is 6.58. The number of imide groups is 1. The molecular weight excluding hydrogens is 446 g/mol. The molecule has 0 aromatic carbocycles. The van der Waals surface area contributed by atoms with E-state index in [2.05, 4.69) is 26.2 Å². The number of amides is 5. The van der Waals surface area contributed by atoms with Crippen molar-refractivity contribution in [1.29, 1.82) is 0 Å². The second kappa shape index (κ2) is 6.56. The number of halogens is 1. The average molecular weight is 457 g/mol. The second-order valence-electron chi connectivity index (χ2n) is 5.72. The molecule has 0 saturated carbocycles. The molecule has 15 heteroatoms. The first-order valence-corrected chi connectivity index (χ1v) is 9.96. The summed E-state index contributed by atoms with van der Waals surface area (Å²) in [5.41, 5.74) is -4.05. The molecule has 0 aromatic rings. The first kappa shape index (κ1) is 19.6. The van der Waals surface area contributed by atoms with Crippen molar-refractivity contribution in [2.24, 2.45) is 10.4 Å². The monoisotopic (exact) mass is 456 g/mol. The predicted molar refractivity (Wildman–Crippen MR) is 83.0 cm³/mol. The Kier molecular flexibility index (Phi) is 5.16. The maximum atomic E-state index is 12.3. The Morgan fingerprint density at radius 1 is 1.24 bits per heavy atom. The van der Waals surface area contributed by atoms with Crippen LogP contribution in [0.3, 0.4) is 0 Å². The van der Waals surface area contributed by atoms with Crippen LogP contribution in [0.15, 0.2) is 4.99 Å². The van der Waals surface area contributed by atoms with E-state index in [4.69, 9.17) is 0 Å². The van der Waals surface area contributed by atoms with Crippen LogP contribution in [0, 0.1) is 5.41 Å². The summed E-state index contributed by atoms with van der Waals surface area (Å²) >= 11 is 3.13. The molecule has 0 aliphatic carbocycles. The van der Waals surface area contributed by atoms with Gasteiger partial charge < -0.3 is 10.4 Å².